The Morgan fingerprint density at radius 3 is 2.48 bits per heavy atom. The van der Waals surface area contributed by atoms with Crippen LogP contribution in [0.5, 0.6) is 0 Å². The number of hydrogen-bond acceptors (Lipinski definition) is 4. The summed E-state index contributed by atoms with van der Waals surface area (Å²) in [6, 6.07) is 1.98. The molecule has 0 radical (unpaired) electrons. The molecule has 0 spiro atoms. The lowest BCUT2D eigenvalue weighted by molar-refractivity contribution is 0.336. The second-order valence-electron chi connectivity index (χ2n) is 5.87. The summed E-state index contributed by atoms with van der Waals surface area (Å²) in [6.07, 6.45) is 6.72. The smallest absolute Gasteiger partial charge is 0.252 e. The molecule has 0 aliphatic heterocycles. The molecule has 0 bridgehead atoms. The number of sulfonamides is 1. The van der Waals surface area contributed by atoms with Crippen LogP contribution in [0, 0.1) is 6.92 Å². The van der Waals surface area contributed by atoms with Gasteiger partial charge in [-0.25, -0.2) is 8.42 Å². The first-order valence-electron chi connectivity index (χ1n) is 7.68. The fraction of sp³-hybridized carbons (Fsp3) is 0.733. The molecule has 1 aromatic heterocycles. The predicted molar refractivity (Wildman–Crippen MR) is 88.3 cm³/mol. The van der Waals surface area contributed by atoms with Gasteiger partial charge in [-0.05, 0) is 38.4 Å². The second kappa shape index (κ2) is 7.22. The lowest BCUT2D eigenvalue weighted by Gasteiger charge is -2.25. The fourth-order valence-electron chi connectivity index (χ4n) is 2.91. The maximum absolute atomic E-state index is 12.8. The van der Waals surface area contributed by atoms with Crippen molar-refractivity contribution in [3.05, 3.63) is 16.5 Å². The van der Waals surface area contributed by atoms with Gasteiger partial charge in [0.1, 0.15) is 4.21 Å². The summed E-state index contributed by atoms with van der Waals surface area (Å²) in [6.45, 7) is 2.70. The molecule has 0 unspecified atom stereocenters. The van der Waals surface area contributed by atoms with Crippen LogP contribution in [0.25, 0.3) is 0 Å². The molecule has 0 amide bonds. The van der Waals surface area contributed by atoms with Crippen LogP contribution in [-0.2, 0) is 16.6 Å². The lowest BCUT2D eigenvalue weighted by atomic mass is 10.1. The van der Waals surface area contributed by atoms with Gasteiger partial charge in [0.15, 0.2) is 0 Å². The van der Waals surface area contributed by atoms with E-state index >= 15 is 0 Å². The van der Waals surface area contributed by atoms with Crippen molar-refractivity contribution in [2.24, 2.45) is 0 Å². The number of aryl methyl sites for hydroxylation is 1. The van der Waals surface area contributed by atoms with Crippen LogP contribution < -0.4 is 5.32 Å². The number of thiophene rings is 1. The third kappa shape index (κ3) is 3.86. The SMILES string of the molecule is CNCc1sc(S(=O)(=O)N(C)C2CCCCCC2)cc1C. The molecule has 1 heterocycles. The van der Waals surface area contributed by atoms with E-state index in [2.05, 4.69) is 5.32 Å². The van der Waals surface area contributed by atoms with E-state index in [-0.39, 0.29) is 6.04 Å². The zero-order valence-corrected chi connectivity index (χ0v) is 14.8. The number of hydrogen-bond donors (Lipinski definition) is 1. The lowest BCUT2D eigenvalue weighted by Crippen LogP contribution is -2.36. The monoisotopic (exact) mass is 330 g/mol. The highest BCUT2D eigenvalue weighted by atomic mass is 32.2. The summed E-state index contributed by atoms with van der Waals surface area (Å²) in [5.41, 5.74) is 1.06. The highest BCUT2D eigenvalue weighted by molar-refractivity contribution is 7.91. The van der Waals surface area contributed by atoms with E-state index < -0.39 is 10.0 Å². The normalized spacial score (nSPS) is 18.1. The van der Waals surface area contributed by atoms with Crippen LogP contribution >= 0.6 is 11.3 Å². The van der Waals surface area contributed by atoms with Gasteiger partial charge >= 0.3 is 0 Å². The van der Waals surface area contributed by atoms with Crippen LogP contribution in [0.4, 0.5) is 0 Å². The molecule has 0 saturated heterocycles. The molecule has 1 aliphatic carbocycles. The van der Waals surface area contributed by atoms with Gasteiger partial charge in [-0.3, -0.25) is 0 Å². The number of nitrogens with one attached hydrogen (secondary N) is 1. The van der Waals surface area contributed by atoms with Gasteiger partial charge in [0, 0.05) is 24.5 Å². The minimum Gasteiger partial charge on any atom is -0.315 e. The zero-order chi connectivity index (χ0) is 15.5. The maximum Gasteiger partial charge on any atom is 0.252 e. The van der Waals surface area contributed by atoms with Crippen molar-refractivity contribution in [1.82, 2.24) is 9.62 Å². The first-order chi connectivity index (χ1) is 9.96. The Balaban J connectivity index is 2.21. The van der Waals surface area contributed by atoms with Crippen molar-refractivity contribution < 1.29 is 8.42 Å². The molecule has 2 rings (SSSR count). The van der Waals surface area contributed by atoms with E-state index in [1.165, 1.54) is 24.2 Å². The highest BCUT2D eigenvalue weighted by Crippen LogP contribution is 2.31. The van der Waals surface area contributed by atoms with Crippen LogP contribution in [0.3, 0.4) is 0 Å². The molecular weight excluding hydrogens is 304 g/mol. The van der Waals surface area contributed by atoms with Crippen LogP contribution in [0.15, 0.2) is 10.3 Å². The largest absolute Gasteiger partial charge is 0.315 e. The van der Waals surface area contributed by atoms with E-state index in [0.29, 0.717) is 4.21 Å². The van der Waals surface area contributed by atoms with E-state index in [0.717, 1.165) is 42.7 Å². The van der Waals surface area contributed by atoms with Gasteiger partial charge in [0.2, 0.25) is 0 Å². The standard InChI is InChI=1S/C15H26N2O2S2/c1-12-10-15(20-14(12)11-16-2)21(18,19)17(3)13-8-6-4-5-7-9-13/h10,13,16H,4-9,11H2,1-3H3. The molecule has 21 heavy (non-hydrogen) atoms. The van der Waals surface area contributed by atoms with E-state index in [1.54, 1.807) is 11.4 Å². The maximum atomic E-state index is 12.8. The topological polar surface area (TPSA) is 49.4 Å². The van der Waals surface area contributed by atoms with Gasteiger partial charge in [0.25, 0.3) is 10.0 Å². The summed E-state index contributed by atoms with van der Waals surface area (Å²) >= 11 is 1.40. The third-order valence-electron chi connectivity index (χ3n) is 4.31. The summed E-state index contributed by atoms with van der Waals surface area (Å²) < 4.78 is 27.8. The van der Waals surface area contributed by atoms with Gasteiger partial charge in [-0.1, -0.05) is 25.7 Å². The number of nitrogens with zero attached hydrogens (tertiary/aromatic N) is 1. The average molecular weight is 331 g/mol. The Morgan fingerprint density at radius 1 is 1.29 bits per heavy atom. The summed E-state index contributed by atoms with van der Waals surface area (Å²) in [7, 11) is 0.277. The van der Waals surface area contributed by atoms with Crippen LogP contribution in [-0.4, -0.2) is 32.9 Å². The molecular formula is C15H26N2O2S2. The highest BCUT2D eigenvalue weighted by Gasteiger charge is 2.30. The average Bonchev–Trinajstić information content (AvgIpc) is 2.68. The molecule has 4 nitrogen and oxygen atoms in total. The van der Waals surface area contributed by atoms with E-state index in [4.69, 9.17) is 0 Å². The van der Waals surface area contributed by atoms with E-state index in [1.807, 2.05) is 20.0 Å². The van der Waals surface area contributed by atoms with E-state index in [9.17, 15) is 8.42 Å². The van der Waals surface area contributed by atoms with Crippen molar-refractivity contribution in [2.75, 3.05) is 14.1 Å². The van der Waals surface area contributed by atoms with Crippen molar-refractivity contribution in [1.29, 1.82) is 0 Å². The molecule has 0 aromatic carbocycles. The summed E-state index contributed by atoms with van der Waals surface area (Å²) in [5, 5.41) is 3.09. The molecule has 6 heteroatoms. The van der Waals surface area contributed by atoms with Gasteiger partial charge in [-0.15, -0.1) is 11.3 Å². The Kier molecular flexibility index (Phi) is 5.82. The third-order valence-corrected chi connectivity index (χ3v) is 7.90. The Morgan fingerprint density at radius 2 is 1.90 bits per heavy atom. The Hall–Kier alpha value is -0.430. The minimum absolute atomic E-state index is 0.160. The Bertz CT molecular complexity index is 558. The molecule has 1 saturated carbocycles. The first-order valence-corrected chi connectivity index (χ1v) is 9.94. The van der Waals surface area contributed by atoms with Gasteiger partial charge in [-0.2, -0.15) is 4.31 Å². The number of rotatable bonds is 5. The quantitative estimate of drug-likeness (QED) is 0.844. The molecule has 1 N–H and O–H groups in total. The van der Waals surface area contributed by atoms with Crippen molar-refractivity contribution >= 4 is 21.4 Å². The summed E-state index contributed by atoms with van der Waals surface area (Å²) in [4.78, 5) is 1.10. The fourth-order valence-corrected chi connectivity index (χ4v) is 6.11. The molecule has 1 fully saturated rings. The van der Waals surface area contributed by atoms with Crippen molar-refractivity contribution in [3.63, 3.8) is 0 Å². The summed E-state index contributed by atoms with van der Waals surface area (Å²) in [5.74, 6) is 0. The van der Waals surface area contributed by atoms with Gasteiger partial charge in [0.05, 0.1) is 0 Å². The van der Waals surface area contributed by atoms with Crippen molar-refractivity contribution in [2.45, 2.75) is 62.2 Å². The predicted octanol–water partition coefficient (Wildman–Crippen LogP) is 3.12. The van der Waals surface area contributed by atoms with Crippen molar-refractivity contribution in [3.8, 4) is 0 Å². The molecule has 1 aliphatic rings. The van der Waals surface area contributed by atoms with Crippen LogP contribution in [0.1, 0.15) is 49.0 Å². The first kappa shape index (κ1) is 16.9. The Labute approximate surface area is 132 Å². The minimum atomic E-state index is -3.35. The molecule has 1 aromatic rings. The molecule has 120 valence electrons. The second-order valence-corrected chi connectivity index (χ2v) is 9.23. The zero-order valence-electron chi connectivity index (χ0n) is 13.2. The molecule has 0 atom stereocenters. The van der Waals surface area contributed by atoms with Gasteiger partial charge < -0.3 is 5.32 Å². The van der Waals surface area contributed by atoms with Crippen LogP contribution in [0.2, 0.25) is 0 Å².